The molecule has 0 aliphatic carbocycles. The first-order valence-corrected chi connectivity index (χ1v) is 5.83. The molecule has 14 heavy (non-hydrogen) atoms. The number of hydrogen-bond acceptors (Lipinski definition) is 3. The van der Waals surface area contributed by atoms with Crippen molar-refractivity contribution in [3.8, 4) is 0 Å². The first-order chi connectivity index (χ1) is 6.57. The number of nitrogens with zero attached hydrogens (tertiary/aromatic N) is 1. The molecule has 0 saturated carbocycles. The van der Waals surface area contributed by atoms with E-state index < -0.39 is 5.79 Å². The largest absolute Gasteiger partial charge is 0.374 e. The number of carbonyl (C=O) groups is 1. The average molecular weight is 219 g/mol. The van der Waals surface area contributed by atoms with Gasteiger partial charge in [-0.1, -0.05) is 13.3 Å². The van der Waals surface area contributed by atoms with Crippen molar-refractivity contribution >= 4 is 16.3 Å². The van der Waals surface area contributed by atoms with Crippen molar-refractivity contribution in [1.82, 2.24) is 4.57 Å². The maximum absolute atomic E-state index is 12.0. The maximum atomic E-state index is 12.0. The molecule has 0 bridgehead atoms. The Hall–Kier alpha value is -0.393. The van der Waals surface area contributed by atoms with E-state index in [0.29, 0.717) is 23.4 Å². The maximum Gasteiger partial charge on any atom is 0.274 e. The zero-order valence-electron chi connectivity index (χ0n) is 9.79. The van der Waals surface area contributed by atoms with Crippen LogP contribution in [-0.4, -0.2) is 47.4 Å². The van der Waals surface area contributed by atoms with Gasteiger partial charge in [0.1, 0.15) is 10.4 Å². The number of hydrogen-bond donors (Lipinski definition) is 0. The van der Waals surface area contributed by atoms with E-state index in [9.17, 15) is 4.79 Å². The predicted molar refractivity (Wildman–Crippen MR) is 59.0 cm³/mol. The molecule has 0 heterocycles. The van der Waals surface area contributed by atoms with Crippen molar-refractivity contribution in [1.29, 1.82) is 0 Å². The Bertz CT molecular complexity index is 183. The summed E-state index contributed by atoms with van der Waals surface area (Å²) in [6, 6.07) is 0. The summed E-state index contributed by atoms with van der Waals surface area (Å²) in [4.78, 5) is 12.0. The highest BCUT2D eigenvalue weighted by atomic mass is 28.2. The lowest BCUT2D eigenvalue weighted by atomic mass is 10.1. The van der Waals surface area contributed by atoms with Crippen molar-refractivity contribution in [3.63, 3.8) is 0 Å². The highest BCUT2D eigenvalue weighted by Crippen LogP contribution is 2.20. The van der Waals surface area contributed by atoms with Gasteiger partial charge in [0.15, 0.2) is 0 Å². The van der Waals surface area contributed by atoms with Crippen LogP contribution in [0.3, 0.4) is 0 Å². The fourth-order valence-electron chi connectivity index (χ4n) is 1.33. The van der Waals surface area contributed by atoms with Gasteiger partial charge in [-0.2, -0.15) is 0 Å². The van der Waals surface area contributed by atoms with Gasteiger partial charge in [0.05, 0.1) is 0 Å². The Kier molecular flexibility index (Phi) is 5.99. The molecule has 0 spiro atoms. The molecule has 0 aromatic rings. The van der Waals surface area contributed by atoms with E-state index in [-0.39, 0.29) is 5.91 Å². The molecule has 5 heteroatoms. The molecule has 0 fully saturated rings. The van der Waals surface area contributed by atoms with Crippen LogP contribution in [0.15, 0.2) is 0 Å². The molecule has 0 N–H and O–H groups in total. The van der Waals surface area contributed by atoms with Gasteiger partial charge in [0, 0.05) is 27.2 Å². The molecular formula is C9H21NO3Si. The molecule has 0 saturated heterocycles. The molecule has 0 radical (unpaired) electrons. The topological polar surface area (TPSA) is 38.8 Å². The lowest BCUT2D eigenvalue weighted by molar-refractivity contribution is -0.217. The van der Waals surface area contributed by atoms with Gasteiger partial charge >= 0.3 is 0 Å². The molecule has 0 aromatic carbocycles. The van der Waals surface area contributed by atoms with Crippen LogP contribution in [0, 0.1) is 0 Å². The first kappa shape index (κ1) is 13.6. The van der Waals surface area contributed by atoms with Gasteiger partial charge in [-0.15, -0.1) is 0 Å². The Morgan fingerprint density at radius 2 is 1.86 bits per heavy atom. The highest BCUT2D eigenvalue weighted by molar-refractivity contribution is 6.15. The van der Waals surface area contributed by atoms with E-state index in [4.69, 9.17) is 9.47 Å². The third-order valence-electron chi connectivity index (χ3n) is 2.39. The third kappa shape index (κ3) is 2.80. The van der Waals surface area contributed by atoms with Crippen molar-refractivity contribution in [3.05, 3.63) is 0 Å². The van der Waals surface area contributed by atoms with Crippen LogP contribution in [0.1, 0.15) is 26.7 Å². The van der Waals surface area contributed by atoms with Gasteiger partial charge in [-0.3, -0.25) is 4.79 Å². The first-order valence-electron chi connectivity index (χ1n) is 4.93. The Balaban J connectivity index is 4.69. The molecule has 0 rings (SSSR count). The number of ether oxygens (including phenoxy) is 2. The van der Waals surface area contributed by atoms with E-state index in [2.05, 4.69) is 0 Å². The smallest absolute Gasteiger partial charge is 0.274 e. The number of rotatable bonds is 6. The number of carbonyl (C=O) groups excluding carboxylic acids is 1. The third-order valence-corrected chi connectivity index (χ3v) is 3.42. The zero-order valence-corrected chi connectivity index (χ0v) is 11.8. The van der Waals surface area contributed by atoms with Crippen molar-refractivity contribution < 1.29 is 14.3 Å². The zero-order chi connectivity index (χ0) is 11.2. The quantitative estimate of drug-likeness (QED) is 0.463. The summed E-state index contributed by atoms with van der Waals surface area (Å²) in [5, 5.41) is 0. The number of amides is 1. The lowest BCUT2D eigenvalue weighted by Crippen LogP contribution is -2.50. The summed E-state index contributed by atoms with van der Waals surface area (Å²) in [5.74, 6) is -1.12. The molecule has 4 nitrogen and oxygen atoms in total. The van der Waals surface area contributed by atoms with E-state index in [1.165, 1.54) is 14.2 Å². The summed E-state index contributed by atoms with van der Waals surface area (Å²) in [6.07, 6.45) is 1.45. The monoisotopic (exact) mass is 219 g/mol. The van der Waals surface area contributed by atoms with Crippen LogP contribution in [0.4, 0.5) is 0 Å². The van der Waals surface area contributed by atoms with E-state index in [1.807, 2.05) is 13.8 Å². The average Bonchev–Trinajstić information content (AvgIpc) is 2.24. The number of likely N-dealkylation sites (N-methyl/N-ethyl adjacent to an activating group) is 1. The minimum atomic E-state index is -1.06. The van der Waals surface area contributed by atoms with Crippen molar-refractivity contribution in [2.24, 2.45) is 0 Å². The summed E-state index contributed by atoms with van der Waals surface area (Å²) < 4.78 is 12.2. The second kappa shape index (κ2) is 6.16. The second-order valence-electron chi connectivity index (χ2n) is 3.23. The van der Waals surface area contributed by atoms with Crippen LogP contribution in [0.25, 0.3) is 0 Å². The molecule has 0 aliphatic rings. The van der Waals surface area contributed by atoms with Crippen LogP contribution >= 0.6 is 0 Å². The van der Waals surface area contributed by atoms with Crippen LogP contribution in [-0.2, 0) is 14.3 Å². The van der Waals surface area contributed by atoms with Gasteiger partial charge < -0.3 is 14.0 Å². The molecule has 84 valence electrons. The van der Waals surface area contributed by atoms with Crippen LogP contribution in [0.2, 0.25) is 0 Å². The number of methoxy groups -OCH3 is 2. The van der Waals surface area contributed by atoms with E-state index in [0.717, 1.165) is 6.42 Å². The summed E-state index contributed by atoms with van der Waals surface area (Å²) in [7, 11) is 3.73. The van der Waals surface area contributed by atoms with Crippen LogP contribution in [0.5, 0.6) is 0 Å². The Morgan fingerprint density at radius 1 is 1.36 bits per heavy atom. The SMILES string of the molecule is CCCC(OC)(OC)C(=O)N([SiH3])CC. The molecule has 0 unspecified atom stereocenters. The summed E-state index contributed by atoms with van der Waals surface area (Å²) >= 11 is 0. The normalized spacial score (nSPS) is 11.7. The van der Waals surface area contributed by atoms with Gasteiger partial charge in [-0.05, 0) is 6.92 Å². The minimum absolute atomic E-state index is 0.0569. The fourth-order valence-corrected chi connectivity index (χ4v) is 1.67. The van der Waals surface area contributed by atoms with Gasteiger partial charge in [0.2, 0.25) is 5.79 Å². The standard InChI is InChI=1S/C9H21NO3Si/c1-5-7-9(12-3,13-4)8(11)10(14)6-2/h5-7H2,1-4,14H3. The summed E-state index contributed by atoms with van der Waals surface area (Å²) in [6.45, 7) is 4.67. The van der Waals surface area contributed by atoms with Gasteiger partial charge in [-0.25, -0.2) is 0 Å². The summed E-state index contributed by atoms with van der Waals surface area (Å²) in [5.41, 5.74) is 0. The molecule has 0 atom stereocenters. The second-order valence-corrected chi connectivity index (χ2v) is 4.31. The highest BCUT2D eigenvalue weighted by Gasteiger charge is 2.39. The lowest BCUT2D eigenvalue weighted by Gasteiger charge is -2.32. The molecule has 1 amide bonds. The van der Waals surface area contributed by atoms with E-state index >= 15 is 0 Å². The molecule has 0 aromatic heterocycles. The predicted octanol–water partition coefficient (Wildman–Crippen LogP) is -0.0955. The fraction of sp³-hybridized carbons (Fsp3) is 0.889. The van der Waals surface area contributed by atoms with E-state index in [1.54, 1.807) is 4.57 Å². The Morgan fingerprint density at radius 3 is 2.14 bits per heavy atom. The Labute approximate surface area is 89.1 Å². The van der Waals surface area contributed by atoms with Crippen molar-refractivity contribution in [2.75, 3.05) is 20.8 Å². The molecular weight excluding hydrogens is 198 g/mol. The van der Waals surface area contributed by atoms with Crippen molar-refractivity contribution in [2.45, 2.75) is 32.5 Å². The van der Waals surface area contributed by atoms with Gasteiger partial charge in [0.25, 0.3) is 5.91 Å². The molecule has 0 aliphatic heterocycles. The van der Waals surface area contributed by atoms with Crippen LogP contribution < -0.4 is 0 Å². The minimum Gasteiger partial charge on any atom is -0.374 e.